The lowest BCUT2D eigenvalue weighted by Gasteiger charge is -2.36. The van der Waals surface area contributed by atoms with E-state index in [1.54, 1.807) is 13.0 Å². The summed E-state index contributed by atoms with van der Waals surface area (Å²) in [5.74, 6) is 1.10. The maximum atomic E-state index is 12.6. The third kappa shape index (κ3) is 4.14. The van der Waals surface area contributed by atoms with Crippen LogP contribution >= 0.6 is 11.6 Å². The van der Waals surface area contributed by atoms with Crippen LogP contribution in [0.15, 0.2) is 18.2 Å². The van der Waals surface area contributed by atoms with E-state index >= 15 is 0 Å². The first-order valence-electron chi connectivity index (χ1n) is 7.85. The van der Waals surface area contributed by atoms with Crippen molar-refractivity contribution in [1.29, 1.82) is 0 Å². The highest BCUT2D eigenvalue weighted by Crippen LogP contribution is 2.24. The van der Waals surface area contributed by atoms with Crippen LogP contribution in [0.5, 0.6) is 5.75 Å². The van der Waals surface area contributed by atoms with Crippen molar-refractivity contribution in [2.45, 2.75) is 45.8 Å². The molecule has 22 heavy (non-hydrogen) atoms. The molecule has 2 N–H and O–H groups in total. The Kier molecular flexibility index (Phi) is 5.70. The third-order valence-corrected chi connectivity index (χ3v) is 4.54. The Labute approximate surface area is 137 Å². The number of nitrogens with two attached hydrogens (primary N) is 1. The maximum absolute atomic E-state index is 12.6. The van der Waals surface area contributed by atoms with Gasteiger partial charge in [0.15, 0.2) is 6.10 Å². The number of carbonyl (C=O) groups excluding carboxylic acids is 1. The molecule has 2 rings (SSSR count). The lowest BCUT2D eigenvalue weighted by Crippen LogP contribution is -2.48. The molecule has 1 fully saturated rings. The number of hydrogen-bond donors (Lipinski definition) is 1. The number of nitrogens with zero attached hydrogens (tertiary/aromatic N) is 1. The van der Waals surface area contributed by atoms with Gasteiger partial charge in [0.05, 0.1) is 0 Å². The number of aryl methyl sites for hydroxylation is 1. The minimum Gasteiger partial charge on any atom is -0.481 e. The van der Waals surface area contributed by atoms with Gasteiger partial charge in [0, 0.05) is 24.2 Å². The van der Waals surface area contributed by atoms with E-state index in [4.69, 9.17) is 22.1 Å². The van der Waals surface area contributed by atoms with E-state index in [9.17, 15) is 4.79 Å². The summed E-state index contributed by atoms with van der Waals surface area (Å²) in [5.41, 5.74) is 6.91. The number of hydrogen-bond acceptors (Lipinski definition) is 3. The maximum Gasteiger partial charge on any atom is 0.263 e. The molecule has 1 amide bonds. The first-order chi connectivity index (χ1) is 10.4. The summed E-state index contributed by atoms with van der Waals surface area (Å²) in [6.45, 7) is 7.24. The van der Waals surface area contributed by atoms with Crippen molar-refractivity contribution in [2.75, 3.05) is 13.1 Å². The second-order valence-electron chi connectivity index (χ2n) is 6.22. The van der Waals surface area contributed by atoms with E-state index < -0.39 is 6.10 Å². The standard InChI is InChI=1S/C17H25ClN2O2/c1-11-9-15(18)6-7-16(11)22-13(3)17(21)20-8-4-5-14(10-20)12(2)19/h6-7,9,12-14H,4-5,8,10,19H2,1-3H3/t12-,13-,14+/m1/s1. The van der Waals surface area contributed by atoms with Gasteiger partial charge in [-0.2, -0.15) is 0 Å². The average Bonchev–Trinajstić information content (AvgIpc) is 2.49. The molecule has 122 valence electrons. The zero-order chi connectivity index (χ0) is 16.3. The predicted octanol–water partition coefficient (Wildman–Crippen LogP) is 3.00. The van der Waals surface area contributed by atoms with Crippen molar-refractivity contribution < 1.29 is 9.53 Å². The monoisotopic (exact) mass is 324 g/mol. The van der Waals surface area contributed by atoms with E-state index in [1.165, 1.54) is 0 Å². The number of ether oxygens (including phenoxy) is 1. The predicted molar refractivity (Wildman–Crippen MR) is 89.2 cm³/mol. The Morgan fingerprint density at radius 1 is 1.45 bits per heavy atom. The van der Waals surface area contributed by atoms with Gasteiger partial charge in [0.25, 0.3) is 5.91 Å². The van der Waals surface area contributed by atoms with E-state index in [-0.39, 0.29) is 11.9 Å². The highest BCUT2D eigenvalue weighted by Gasteiger charge is 2.29. The number of likely N-dealkylation sites (tertiary alicyclic amines) is 1. The van der Waals surface area contributed by atoms with E-state index in [1.807, 2.05) is 30.9 Å². The van der Waals surface area contributed by atoms with Crippen molar-refractivity contribution in [3.05, 3.63) is 28.8 Å². The second-order valence-corrected chi connectivity index (χ2v) is 6.65. The van der Waals surface area contributed by atoms with Crippen LogP contribution in [-0.4, -0.2) is 36.0 Å². The Hall–Kier alpha value is -1.26. The van der Waals surface area contributed by atoms with Gasteiger partial charge in [-0.25, -0.2) is 0 Å². The zero-order valence-electron chi connectivity index (χ0n) is 13.5. The minimum atomic E-state index is -0.508. The third-order valence-electron chi connectivity index (χ3n) is 4.30. The van der Waals surface area contributed by atoms with E-state index in [0.717, 1.165) is 31.5 Å². The summed E-state index contributed by atoms with van der Waals surface area (Å²) < 4.78 is 5.83. The topological polar surface area (TPSA) is 55.6 Å². The number of rotatable bonds is 4. The number of piperidine rings is 1. The Bertz CT molecular complexity index is 533. The van der Waals surface area contributed by atoms with Crippen LogP contribution in [0.3, 0.4) is 0 Å². The van der Waals surface area contributed by atoms with Crippen LogP contribution in [0.25, 0.3) is 0 Å². The van der Waals surface area contributed by atoms with Crippen LogP contribution in [0.1, 0.15) is 32.3 Å². The van der Waals surface area contributed by atoms with Crippen LogP contribution in [0.2, 0.25) is 5.02 Å². The SMILES string of the molecule is Cc1cc(Cl)ccc1O[C@H](C)C(=O)N1CCC[C@H]([C@@H](C)N)C1. The quantitative estimate of drug-likeness (QED) is 0.926. The van der Waals surface area contributed by atoms with Crippen LogP contribution in [0, 0.1) is 12.8 Å². The normalized spacial score (nSPS) is 21.3. The molecule has 0 aliphatic carbocycles. The van der Waals surface area contributed by atoms with Gasteiger partial charge >= 0.3 is 0 Å². The number of halogens is 1. The molecule has 4 nitrogen and oxygen atoms in total. The van der Waals surface area contributed by atoms with Gasteiger partial charge < -0.3 is 15.4 Å². The molecule has 3 atom stereocenters. The van der Waals surface area contributed by atoms with Gasteiger partial charge in [-0.05, 0) is 63.3 Å². The Morgan fingerprint density at radius 2 is 2.18 bits per heavy atom. The molecular weight excluding hydrogens is 300 g/mol. The van der Waals surface area contributed by atoms with Gasteiger partial charge in [-0.15, -0.1) is 0 Å². The summed E-state index contributed by atoms with van der Waals surface area (Å²) in [7, 11) is 0. The fourth-order valence-corrected chi connectivity index (χ4v) is 3.11. The number of carbonyl (C=O) groups is 1. The lowest BCUT2D eigenvalue weighted by atomic mass is 9.92. The highest BCUT2D eigenvalue weighted by atomic mass is 35.5. The lowest BCUT2D eigenvalue weighted by molar-refractivity contribution is -0.139. The van der Waals surface area contributed by atoms with Crippen LogP contribution in [0.4, 0.5) is 0 Å². The molecular formula is C17H25ClN2O2. The van der Waals surface area contributed by atoms with Gasteiger partial charge in [-0.3, -0.25) is 4.79 Å². The van der Waals surface area contributed by atoms with Crippen molar-refractivity contribution in [2.24, 2.45) is 11.7 Å². The molecule has 1 heterocycles. The van der Waals surface area contributed by atoms with Crippen LogP contribution in [-0.2, 0) is 4.79 Å². The molecule has 0 bridgehead atoms. The summed E-state index contributed by atoms with van der Waals surface area (Å²) in [4.78, 5) is 14.5. The molecule has 1 aliphatic heterocycles. The molecule has 0 radical (unpaired) electrons. The molecule has 1 aromatic carbocycles. The Balaban J connectivity index is 1.99. The molecule has 0 saturated carbocycles. The molecule has 0 aromatic heterocycles. The molecule has 1 aromatic rings. The van der Waals surface area contributed by atoms with E-state index in [2.05, 4.69) is 0 Å². The van der Waals surface area contributed by atoms with Gasteiger partial charge in [0.1, 0.15) is 5.75 Å². The molecule has 0 unspecified atom stereocenters. The summed E-state index contributed by atoms with van der Waals surface area (Å²) in [6, 6.07) is 5.53. The van der Waals surface area contributed by atoms with Gasteiger partial charge in [0.2, 0.25) is 0 Å². The number of amides is 1. The largest absolute Gasteiger partial charge is 0.481 e. The molecule has 1 aliphatic rings. The number of benzene rings is 1. The second kappa shape index (κ2) is 7.34. The van der Waals surface area contributed by atoms with Crippen LogP contribution < -0.4 is 10.5 Å². The van der Waals surface area contributed by atoms with Crippen molar-refractivity contribution in [3.8, 4) is 5.75 Å². The minimum absolute atomic E-state index is 0.0275. The average molecular weight is 325 g/mol. The van der Waals surface area contributed by atoms with Gasteiger partial charge in [-0.1, -0.05) is 11.6 Å². The summed E-state index contributed by atoms with van der Waals surface area (Å²) in [5, 5.41) is 0.666. The fourth-order valence-electron chi connectivity index (χ4n) is 2.88. The molecule has 1 saturated heterocycles. The highest BCUT2D eigenvalue weighted by molar-refractivity contribution is 6.30. The fraction of sp³-hybridized carbons (Fsp3) is 0.588. The van der Waals surface area contributed by atoms with Crippen molar-refractivity contribution >= 4 is 17.5 Å². The van der Waals surface area contributed by atoms with Crippen molar-refractivity contribution in [1.82, 2.24) is 4.90 Å². The first kappa shape index (κ1) is 17.1. The zero-order valence-corrected chi connectivity index (χ0v) is 14.3. The van der Waals surface area contributed by atoms with E-state index in [0.29, 0.717) is 16.7 Å². The Morgan fingerprint density at radius 3 is 2.82 bits per heavy atom. The smallest absolute Gasteiger partial charge is 0.263 e. The summed E-state index contributed by atoms with van der Waals surface area (Å²) >= 11 is 5.94. The summed E-state index contributed by atoms with van der Waals surface area (Å²) in [6.07, 6.45) is 1.59. The molecule has 5 heteroatoms. The first-order valence-corrected chi connectivity index (χ1v) is 8.23. The molecule has 0 spiro atoms. The van der Waals surface area contributed by atoms with Crippen molar-refractivity contribution in [3.63, 3.8) is 0 Å².